The molecule has 7 heteroatoms. The Kier molecular flexibility index (Phi) is 5.58. The Balaban J connectivity index is 1.67. The lowest BCUT2D eigenvalue weighted by molar-refractivity contribution is -0.126. The molecule has 3 rings (SSSR count). The van der Waals surface area contributed by atoms with Gasteiger partial charge in [-0.2, -0.15) is 9.41 Å². The molecule has 1 aliphatic carbocycles. The fourth-order valence-corrected chi connectivity index (χ4v) is 4.82. The Morgan fingerprint density at radius 1 is 1.19 bits per heavy atom. The van der Waals surface area contributed by atoms with E-state index in [0.29, 0.717) is 19.4 Å². The molecule has 0 aromatic heterocycles. The molecule has 1 amide bonds. The lowest BCUT2D eigenvalue weighted by atomic mass is 9.99. The number of aryl methyl sites for hydroxylation is 1. The van der Waals surface area contributed by atoms with E-state index in [1.54, 1.807) is 24.3 Å². The third-order valence-electron chi connectivity index (χ3n) is 4.91. The number of amides is 1. The number of benzene rings is 1. The van der Waals surface area contributed by atoms with Gasteiger partial charge in [0, 0.05) is 13.1 Å². The number of carbonyl (C=O) groups is 1. The van der Waals surface area contributed by atoms with Crippen molar-refractivity contribution in [1.29, 1.82) is 0 Å². The summed E-state index contributed by atoms with van der Waals surface area (Å²) >= 11 is 0. The maximum absolute atomic E-state index is 12.8. The lowest BCUT2D eigenvalue weighted by Crippen LogP contribution is -2.44. The summed E-state index contributed by atoms with van der Waals surface area (Å²) in [5.74, 6) is -0.584. The van der Waals surface area contributed by atoms with E-state index in [1.165, 1.54) is 9.88 Å². The fourth-order valence-electron chi connectivity index (χ4n) is 3.29. The molecule has 1 N–H and O–H groups in total. The van der Waals surface area contributed by atoms with Crippen LogP contribution in [0.2, 0.25) is 0 Å². The van der Waals surface area contributed by atoms with E-state index in [4.69, 9.17) is 0 Å². The molecule has 140 valence electrons. The van der Waals surface area contributed by atoms with Gasteiger partial charge in [0.05, 0.1) is 16.5 Å². The predicted octanol–water partition coefficient (Wildman–Crippen LogP) is 2.61. The van der Waals surface area contributed by atoms with E-state index in [-0.39, 0.29) is 23.3 Å². The topological polar surface area (TPSA) is 78.8 Å². The van der Waals surface area contributed by atoms with Crippen LogP contribution >= 0.6 is 0 Å². The Bertz CT molecular complexity index is 841. The summed E-state index contributed by atoms with van der Waals surface area (Å²) in [5, 5.41) is 4.18. The lowest BCUT2D eigenvalue weighted by Gasteiger charge is -2.30. The van der Waals surface area contributed by atoms with E-state index in [9.17, 15) is 13.2 Å². The number of allylic oxidation sites excluding steroid dienone is 2. The van der Waals surface area contributed by atoms with Crippen LogP contribution < -0.4 is 5.43 Å². The van der Waals surface area contributed by atoms with Gasteiger partial charge < -0.3 is 0 Å². The first-order valence-corrected chi connectivity index (χ1v) is 10.4. The molecule has 6 nitrogen and oxygen atoms in total. The van der Waals surface area contributed by atoms with Crippen molar-refractivity contribution in [2.45, 2.75) is 44.4 Å². The average Bonchev–Trinajstić information content (AvgIpc) is 3.05. The number of hydrazone groups is 1. The predicted molar refractivity (Wildman–Crippen MR) is 101 cm³/mol. The van der Waals surface area contributed by atoms with Gasteiger partial charge in [0.25, 0.3) is 0 Å². The molecule has 1 aliphatic heterocycles. The standard InChI is InChI=1S/C19H25N3O3S/c1-14-6-9-18(10-7-14)26(24,25)22-11-3-4-16(13-22)19(23)21-20-17-8-5-15(2)12-17/h6-7,9-10,12,16H,3-5,8,11,13H2,1-2H3,(H,21,23)/b20-17+/t16-/m0/s1. The number of sulfonamides is 1. The molecule has 0 unspecified atom stereocenters. The minimum absolute atomic E-state index is 0.196. The number of nitrogens with one attached hydrogen (secondary N) is 1. The van der Waals surface area contributed by atoms with Crippen molar-refractivity contribution in [1.82, 2.24) is 9.73 Å². The van der Waals surface area contributed by atoms with Gasteiger partial charge in [-0.25, -0.2) is 13.8 Å². The van der Waals surface area contributed by atoms with Crippen molar-refractivity contribution in [2.24, 2.45) is 11.0 Å². The van der Waals surface area contributed by atoms with Gasteiger partial charge in [-0.05, 0) is 57.7 Å². The van der Waals surface area contributed by atoms with E-state index in [1.807, 2.05) is 19.9 Å². The monoisotopic (exact) mass is 375 g/mol. The van der Waals surface area contributed by atoms with Crippen molar-refractivity contribution >= 4 is 21.6 Å². The highest BCUT2D eigenvalue weighted by molar-refractivity contribution is 7.89. The number of rotatable bonds is 4. The highest BCUT2D eigenvalue weighted by atomic mass is 32.2. The zero-order chi connectivity index (χ0) is 18.7. The molecule has 0 bridgehead atoms. The maximum atomic E-state index is 12.8. The van der Waals surface area contributed by atoms with Gasteiger partial charge in [0.2, 0.25) is 15.9 Å². The van der Waals surface area contributed by atoms with E-state index in [0.717, 1.165) is 24.1 Å². The van der Waals surface area contributed by atoms with Crippen LogP contribution in [0.4, 0.5) is 0 Å². The normalized spacial score (nSPS) is 23.1. The summed E-state index contributed by atoms with van der Waals surface area (Å²) in [7, 11) is -3.58. The van der Waals surface area contributed by atoms with Gasteiger partial charge in [0.1, 0.15) is 0 Å². The third-order valence-corrected chi connectivity index (χ3v) is 6.79. The van der Waals surface area contributed by atoms with Crippen LogP contribution in [0.3, 0.4) is 0 Å². The van der Waals surface area contributed by atoms with E-state index < -0.39 is 10.0 Å². The van der Waals surface area contributed by atoms with Crippen LogP contribution in [0.15, 0.2) is 45.9 Å². The van der Waals surface area contributed by atoms with Crippen molar-refractivity contribution in [3.8, 4) is 0 Å². The fraction of sp³-hybridized carbons (Fsp3) is 0.474. The average molecular weight is 375 g/mol. The number of hydrogen-bond acceptors (Lipinski definition) is 4. The summed E-state index contributed by atoms with van der Waals surface area (Å²) in [6, 6.07) is 6.81. The molecule has 1 aromatic rings. The molecule has 1 atom stereocenters. The number of hydrogen-bond donors (Lipinski definition) is 1. The summed E-state index contributed by atoms with van der Waals surface area (Å²) in [5.41, 5.74) is 5.75. The second kappa shape index (κ2) is 7.72. The van der Waals surface area contributed by atoms with Crippen LogP contribution in [-0.4, -0.2) is 37.4 Å². The van der Waals surface area contributed by atoms with E-state index >= 15 is 0 Å². The zero-order valence-electron chi connectivity index (χ0n) is 15.2. The second-order valence-corrected chi connectivity index (χ2v) is 9.02. The summed E-state index contributed by atoms with van der Waals surface area (Å²) < 4.78 is 27.1. The number of nitrogens with zero attached hydrogens (tertiary/aromatic N) is 2. The molecule has 1 saturated heterocycles. The minimum atomic E-state index is -3.58. The molecule has 1 heterocycles. The summed E-state index contributed by atoms with van der Waals surface area (Å²) in [6.07, 6.45) is 5.13. The van der Waals surface area contributed by atoms with Crippen LogP contribution in [0, 0.1) is 12.8 Å². The van der Waals surface area contributed by atoms with Crippen molar-refractivity contribution < 1.29 is 13.2 Å². The molecular weight excluding hydrogens is 350 g/mol. The zero-order valence-corrected chi connectivity index (χ0v) is 16.1. The van der Waals surface area contributed by atoms with Gasteiger partial charge >= 0.3 is 0 Å². The largest absolute Gasteiger partial charge is 0.273 e. The van der Waals surface area contributed by atoms with Gasteiger partial charge in [0.15, 0.2) is 0 Å². The number of piperidine rings is 1. The Morgan fingerprint density at radius 3 is 2.58 bits per heavy atom. The van der Waals surface area contributed by atoms with Crippen molar-refractivity contribution in [3.63, 3.8) is 0 Å². The van der Waals surface area contributed by atoms with Crippen molar-refractivity contribution in [3.05, 3.63) is 41.5 Å². The summed E-state index contributed by atoms with van der Waals surface area (Å²) in [4.78, 5) is 12.7. The van der Waals surface area contributed by atoms with Gasteiger partial charge in [-0.1, -0.05) is 23.3 Å². The molecule has 1 fully saturated rings. The molecule has 0 radical (unpaired) electrons. The molecule has 0 spiro atoms. The first-order valence-electron chi connectivity index (χ1n) is 8.96. The summed E-state index contributed by atoms with van der Waals surface area (Å²) in [6.45, 7) is 4.59. The number of carbonyl (C=O) groups excluding carboxylic acids is 1. The second-order valence-electron chi connectivity index (χ2n) is 7.09. The first kappa shape index (κ1) is 18.8. The SMILES string of the molecule is CC1=C/C(=N/NC(=O)[C@H]2CCCN(S(=O)(=O)c3ccc(C)cc3)C2)CC1. The Hall–Kier alpha value is -1.99. The molecule has 2 aliphatic rings. The smallest absolute Gasteiger partial charge is 0.244 e. The maximum Gasteiger partial charge on any atom is 0.244 e. The molecule has 1 aromatic carbocycles. The molecular formula is C19H25N3O3S. The first-order chi connectivity index (χ1) is 12.4. The quantitative estimate of drug-likeness (QED) is 0.822. The third kappa shape index (κ3) is 4.22. The highest BCUT2D eigenvalue weighted by Crippen LogP contribution is 2.24. The van der Waals surface area contributed by atoms with Crippen LogP contribution in [0.25, 0.3) is 0 Å². The van der Waals surface area contributed by atoms with Gasteiger partial charge in [-0.3, -0.25) is 4.79 Å². The Labute approximate surface area is 155 Å². The molecule has 0 saturated carbocycles. The Morgan fingerprint density at radius 2 is 1.92 bits per heavy atom. The highest BCUT2D eigenvalue weighted by Gasteiger charge is 2.33. The molecule has 26 heavy (non-hydrogen) atoms. The van der Waals surface area contributed by atoms with Gasteiger partial charge in [-0.15, -0.1) is 0 Å². The van der Waals surface area contributed by atoms with Crippen LogP contribution in [0.5, 0.6) is 0 Å². The minimum Gasteiger partial charge on any atom is -0.273 e. The van der Waals surface area contributed by atoms with Crippen molar-refractivity contribution in [2.75, 3.05) is 13.1 Å². The van der Waals surface area contributed by atoms with Crippen LogP contribution in [0.1, 0.15) is 38.2 Å². The van der Waals surface area contributed by atoms with E-state index in [2.05, 4.69) is 10.5 Å². The van der Waals surface area contributed by atoms with Crippen LogP contribution in [-0.2, 0) is 14.8 Å².